The van der Waals surface area contributed by atoms with Crippen molar-refractivity contribution in [3.63, 3.8) is 0 Å². The van der Waals surface area contributed by atoms with E-state index >= 15 is 0 Å². The van der Waals surface area contributed by atoms with E-state index in [9.17, 15) is 4.79 Å². The number of carbonyl (C=O) groups excluding carboxylic acids is 1. The van der Waals surface area contributed by atoms with E-state index in [1.165, 1.54) is 0 Å². The molecule has 0 radical (unpaired) electrons. The van der Waals surface area contributed by atoms with Gasteiger partial charge in [0.1, 0.15) is 0 Å². The van der Waals surface area contributed by atoms with Crippen LogP contribution in [0.3, 0.4) is 0 Å². The maximum Gasteiger partial charge on any atom is 0.224 e. The third-order valence-electron chi connectivity index (χ3n) is 3.29. The third-order valence-corrected chi connectivity index (χ3v) is 3.29. The SMILES string of the molecule is CCCCOCCNC(=O)C1CCCNC1C. The van der Waals surface area contributed by atoms with Gasteiger partial charge in [0.05, 0.1) is 12.5 Å². The largest absolute Gasteiger partial charge is 0.380 e. The van der Waals surface area contributed by atoms with Crippen molar-refractivity contribution in [3.05, 3.63) is 0 Å². The first-order valence-electron chi connectivity index (χ1n) is 6.84. The maximum atomic E-state index is 11.9. The number of hydrogen-bond donors (Lipinski definition) is 2. The smallest absolute Gasteiger partial charge is 0.224 e. The molecule has 0 aromatic heterocycles. The van der Waals surface area contributed by atoms with Crippen LogP contribution in [-0.4, -0.2) is 38.3 Å². The van der Waals surface area contributed by atoms with Gasteiger partial charge in [-0.1, -0.05) is 13.3 Å². The van der Waals surface area contributed by atoms with Gasteiger partial charge in [0.15, 0.2) is 0 Å². The second-order valence-electron chi connectivity index (χ2n) is 4.75. The fraction of sp³-hybridized carbons (Fsp3) is 0.923. The lowest BCUT2D eigenvalue weighted by Crippen LogP contribution is -2.47. The minimum atomic E-state index is 0.124. The number of unbranched alkanes of at least 4 members (excludes halogenated alkanes) is 1. The van der Waals surface area contributed by atoms with Gasteiger partial charge >= 0.3 is 0 Å². The molecule has 1 saturated heterocycles. The second-order valence-corrected chi connectivity index (χ2v) is 4.75. The van der Waals surface area contributed by atoms with Gasteiger partial charge in [0.25, 0.3) is 0 Å². The molecule has 0 aromatic rings. The lowest BCUT2D eigenvalue weighted by atomic mass is 9.91. The summed E-state index contributed by atoms with van der Waals surface area (Å²) in [5, 5.41) is 6.29. The molecule has 0 aliphatic carbocycles. The summed E-state index contributed by atoms with van der Waals surface area (Å²) in [5.74, 6) is 0.295. The van der Waals surface area contributed by atoms with Crippen LogP contribution >= 0.6 is 0 Å². The number of ether oxygens (including phenoxy) is 1. The minimum Gasteiger partial charge on any atom is -0.380 e. The molecule has 0 spiro atoms. The van der Waals surface area contributed by atoms with Gasteiger partial charge in [0.2, 0.25) is 5.91 Å². The molecule has 4 nitrogen and oxygen atoms in total. The fourth-order valence-electron chi connectivity index (χ4n) is 2.13. The number of rotatable bonds is 7. The summed E-state index contributed by atoms with van der Waals surface area (Å²) in [7, 11) is 0. The van der Waals surface area contributed by atoms with Crippen LogP contribution in [0.2, 0.25) is 0 Å². The van der Waals surface area contributed by atoms with Crippen LogP contribution in [0, 0.1) is 5.92 Å². The average molecular weight is 242 g/mol. The Morgan fingerprint density at radius 2 is 2.29 bits per heavy atom. The topological polar surface area (TPSA) is 50.4 Å². The Morgan fingerprint density at radius 3 is 3.00 bits per heavy atom. The van der Waals surface area contributed by atoms with E-state index < -0.39 is 0 Å². The minimum absolute atomic E-state index is 0.124. The zero-order valence-corrected chi connectivity index (χ0v) is 11.1. The van der Waals surface area contributed by atoms with Crippen molar-refractivity contribution in [2.45, 2.75) is 45.6 Å². The van der Waals surface area contributed by atoms with Gasteiger partial charge in [-0.3, -0.25) is 4.79 Å². The molecule has 2 unspecified atom stereocenters. The summed E-state index contributed by atoms with van der Waals surface area (Å²) < 4.78 is 5.41. The van der Waals surface area contributed by atoms with Crippen molar-refractivity contribution in [3.8, 4) is 0 Å². The predicted molar refractivity (Wildman–Crippen MR) is 68.9 cm³/mol. The first-order chi connectivity index (χ1) is 8.25. The Morgan fingerprint density at radius 1 is 1.47 bits per heavy atom. The van der Waals surface area contributed by atoms with Crippen molar-refractivity contribution in [2.24, 2.45) is 5.92 Å². The van der Waals surface area contributed by atoms with Gasteiger partial charge in [0, 0.05) is 19.2 Å². The van der Waals surface area contributed by atoms with Gasteiger partial charge in [-0.25, -0.2) is 0 Å². The van der Waals surface area contributed by atoms with Gasteiger partial charge in [-0.15, -0.1) is 0 Å². The number of amides is 1. The van der Waals surface area contributed by atoms with E-state index in [-0.39, 0.29) is 11.8 Å². The first kappa shape index (κ1) is 14.5. The molecule has 2 N–H and O–H groups in total. The van der Waals surface area contributed by atoms with Crippen molar-refractivity contribution >= 4 is 5.91 Å². The van der Waals surface area contributed by atoms with Crippen LogP contribution in [0.1, 0.15) is 39.5 Å². The van der Waals surface area contributed by atoms with E-state index in [4.69, 9.17) is 4.74 Å². The van der Waals surface area contributed by atoms with E-state index in [0.717, 1.165) is 38.8 Å². The van der Waals surface area contributed by atoms with Crippen LogP contribution in [-0.2, 0) is 9.53 Å². The zero-order chi connectivity index (χ0) is 12.5. The quantitative estimate of drug-likeness (QED) is 0.662. The van der Waals surface area contributed by atoms with Crippen LogP contribution in [0.25, 0.3) is 0 Å². The Balaban J connectivity index is 2.07. The van der Waals surface area contributed by atoms with E-state index in [2.05, 4.69) is 24.5 Å². The molecular formula is C13H26N2O2. The molecular weight excluding hydrogens is 216 g/mol. The molecule has 0 bridgehead atoms. The molecule has 1 heterocycles. The lowest BCUT2D eigenvalue weighted by molar-refractivity contribution is -0.126. The van der Waals surface area contributed by atoms with Crippen LogP contribution in [0.15, 0.2) is 0 Å². The maximum absolute atomic E-state index is 11.9. The van der Waals surface area contributed by atoms with E-state index in [1.54, 1.807) is 0 Å². The van der Waals surface area contributed by atoms with Crippen molar-refractivity contribution in [2.75, 3.05) is 26.3 Å². The van der Waals surface area contributed by atoms with Crippen LogP contribution in [0.5, 0.6) is 0 Å². The molecule has 4 heteroatoms. The van der Waals surface area contributed by atoms with Gasteiger partial charge in [-0.2, -0.15) is 0 Å². The van der Waals surface area contributed by atoms with Gasteiger partial charge < -0.3 is 15.4 Å². The molecule has 1 fully saturated rings. The summed E-state index contributed by atoms with van der Waals surface area (Å²) in [4.78, 5) is 11.9. The predicted octanol–water partition coefficient (Wildman–Crippen LogP) is 1.31. The molecule has 1 amide bonds. The standard InChI is InChI=1S/C13H26N2O2/c1-3-4-9-17-10-8-15-13(16)12-6-5-7-14-11(12)2/h11-12,14H,3-10H2,1-2H3,(H,15,16). The third kappa shape index (κ3) is 5.50. The number of nitrogens with one attached hydrogen (secondary N) is 2. The highest BCUT2D eigenvalue weighted by Gasteiger charge is 2.26. The van der Waals surface area contributed by atoms with Gasteiger partial charge in [-0.05, 0) is 32.7 Å². The first-order valence-corrected chi connectivity index (χ1v) is 6.84. The molecule has 0 saturated carbocycles. The van der Waals surface area contributed by atoms with Crippen LogP contribution in [0.4, 0.5) is 0 Å². The highest BCUT2D eigenvalue weighted by Crippen LogP contribution is 2.15. The highest BCUT2D eigenvalue weighted by molar-refractivity contribution is 5.79. The van der Waals surface area contributed by atoms with E-state index in [0.29, 0.717) is 19.2 Å². The Hall–Kier alpha value is -0.610. The molecule has 1 rings (SSSR count). The Kier molecular flexibility index (Phi) is 7.21. The second kappa shape index (κ2) is 8.48. The Bertz CT molecular complexity index is 221. The molecule has 0 aromatic carbocycles. The normalized spacial score (nSPS) is 24.6. The lowest BCUT2D eigenvalue weighted by Gasteiger charge is -2.28. The van der Waals surface area contributed by atoms with E-state index in [1.807, 2.05) is 0 Å². The molecule has 1 aliphatic rings. The molecule has 100 valence electrons. The molecule has 1 aliphatic heterocycles. The number of carbonyl (C=O) groups is 1. The summed E-state index contributed by atoms with van der Waals surface area (Å²) in [5.41, 5.74) is 0. The Labute approximate surface area is 104 Å². The molecule has 17 heavy (non-hydrogen) atoms. The number of hydrogen-bond acceptors (Lipinski definition) is 3. The molecule has 2 atom stereocenters. The van der Waals surface area contributed by atoms with Crippen molar-refractivity contribution in [1.82, 2.24) is 10.6 Å². The summed E-state index contributed by atoms with van der Waals surface area (Å²) in [6, 6.07) is 0.296. The summed E-state index contributed by atoms with van der Waals surface area (Å²) in [6.07, 6.45) is 4.33. The zero-order valence-electron chi connectivity index (χ0n) is 11.1. The fourth-order valence-corrected chi connectivity index (χ4v) is 2.13. The highest BCUT2D eigenvalue weighted by atomic mass is 16.5. The number of piperidine rings is 1. The summed E-state index contributed by atoms with van der Waals surface area (Å²) in [6.45, 7) is 7.31. The monoisotopic (exact) mass is 242 g/mol. The summed E-state index contributed by atoms with van der Waals surface area (Å²) >= 11 is 0. The van der Waals surface area contributed by atoms with Crippen molar-refractivity contribution < 1.29 is 9.53 Å². The average Bonchev–Trinajstić information content (AvgIpc) is 2.34. The van der Waals surface area contributed by atoms with Crippen molar-refractivity contribution in [1.29, 1.82) is 0 Å². The van der Waals surface area contributed by atoms with Crippen LogP contribution < -0.4 is 10.6 Å².